The number of pyridine rings is 1. The van der Waals surface area contributed by atoms with Gasteiger partial charge in [-0.15, -0.1) is 0 Å². The molecule has 1 heterocycles. The lowest BCUT2D eigenvalue weighted by Crippen LogP contribution is -2.28. The highest BCUT2D eigenvalue weighted by atomic mass is 35.5. The number of benzene rings is 1. The van der Waals surface area contributed by atoms with Crippen molar-refractivity contribution in [3.8, 4) is 0 Å². The summed E-state index contributed by atoms with van der Waals surface area (Å²) in [5.74, 6) is -0.741. The van der Waals surface area contributed by atoms with Crippen LogP contribution in [0, 0.1) is 0 Å². The molecule has 0 bridgehead atoms. The number of alkyl halides is 3. The maximum absolute atomic E-state index is 12.7. The number of hydrogen-bond donors (Lipinski definition) is 1. The number of sulfonamides is 1. The van der Waals surface area contributed by atoms with Gasteiger partial charge in [-0.3, -0.25) is 14.4 Å². The van der Waals surface area contributed by atoms with E-state index < -0.39 is 37.6 Å². The van der Waals surface area contributed by atoms with Crippen molar-refractivity contribution in [2.45, 2.75) is 11.1 Å². The third kappa shape index (κ3) is 4.67. The van der Waals surface area contributed by atoms with Crippen LogP contribution in [0.2, 0.25) is 5.02 Å². The highest BCUT2D eigenvalue weighted by molar-refractivity contribution is 7.92. The molecule has 0 atom stereocenters. The molecule has 1 aromatic carbocycles. The monoisotopic (exact) mass is 423 g/mol. The quantitative estimate of drug-likeness (QED) is 0.746. The average Bonchev–Trinajstić information content (AvgIpc) is 2.59. The van der Waals surface area contributed by atoms with E-state index in [4.69, 9.17) is 16.4 Å². The zero-order valence-electron chi connectivity index (χ0n) is 13.9. The van der Waals surface area contributed by atoms with E-state index in [9.17, 15) is 26.4 Å². The number of anilines is 1. The lowest BCUT2D eigenvalue weighted by molar-refractivity contribution is -0.137. The molecule has 2 rings (SSSR count). The fourth-order valence-electron chi connectivity index (χ4n) is 1.98. The van der Waals surface area contributed by atoms with Gasteiger partial charge in [-0.1, -0.05) is 11.6 Å². The lowest BCUT2D eigenvalue weighted by Gasteiger charge is -2.16. The Bertz CT molecular complexity index is 967. The zero-order valence-corrected chi connectivity index (χ0v) is 15.5. The van der Waals surface area contributed by atoms with E-state index in [-0.39, 0.29) is 11.4 Å². The first kappa shape index (κ1) is 20.9. The number of hydroxylamine groups is 2. The Morgan fingerprint density at radius 1 is 1.30 bits per heavy atom. The molecule has 27 heavy (non-hydrogen) atoms. The molecule has 0 radical (unpaired) electrons. The smallest absolute Gasteiger partial charge is 0.277 e. The molecule has 0 saturated carbocycles. The van der Waals surface area contributed by atoms with Gasteiger partial charge >= 0.3 is 6.18 Å². The fraction of sp³-hybridized carbons (Fsp3) is 0.200. The number of nitrogens with one attached hydrogen (secondary N) is 1. The van der Waals surface area contributed by atoms with Gasteiger partial charge < -0.3 is 0 Å². The Morgan fingerprint density at radius 3 is 2.52 bits per heavy atom. The fourth-order valence-corrected chi connectivity index (χ4v) is 3.60. The minimum absolute atomic E-state index is 0.192. The van der Waals surface area contributed by atoms with E-state index in [0.29, 0.717) is 12.1 Å². The van der Waals surface area contributed by atoms with Crippen molar-refractivity contribution in [1.29, 1.82) is 0 Å². The van der Waals surface area contributed by atoms with Crippen LogP contribution >= 0.6 is 11.6 Å². The normalized spacial score (nSPS) is 11.9. The van der Waals surface area contributed by atoms with Crippen LogP contribution in [0.3, 0.4) is 0 Å². The van der Waals surface area contributed by atoms with Gasteiger partial charge in [0.2, 0.25) is 0 Å². The highest BCUT2D eigenvalue weighted by Gasteiger charge is 2.32. The molecular weight excluding hydrogens is 411 g/mol. The topological polar surface area (TPSA) is 88.6 Å². The molecule has 1 amide bonds. The summed E-state index contributed by atoms with van der Waals surface area (Å²) in [7, 11) is -1.87. The lowest BCUT2D eigenvalue weighted by atomic mass is 10.2. The number of carbonyl (C=O) groups excluding carboxylic acids is 1. The first-order valence-electron chi connectivity index (χ1n) is 7.14. The largest absolute Gasteiger partial charge is 0.416 e. The second-order valence-corrected chi connectivity index (χ2v) is 7.19. The van der Waals surface area contributed by atoms with E-state index in [1.165, 1.54) is 32.5 Å². The van der Waals surface area contributed by atoms with Crippen molar-refractivity contribution in [3.63, 3.8) is 0 Å². The van der Waals surface area contributed by atoms with Crippen LogP contribution in [0.25, 0.3) is 0 Å². The van der Waals surface area contributed by atoms with Crippen molar-refractivity contribution in [1.82, 2.24) is 10.0 Å². The van der Waals surface area contributed by atoms with E-state index in [0.717, 1.165) is 11.1 Å². The average molecular weight is 424 g/mol. The molecule has 0 aliphatic rings. The van der Waals surface area contributed by atoms with Gasteiger partial charge in [0.15, 0.2) is 5.69 Å². The summed E-state index contributed by atoms with van der Waals surface area (Å²) in [4.78, 5) is 20.2. The van der Waals surface area contributed by atoms with Gasteiger partial charge in [0.1, 0.15) is 4.90 Å². The predicted molar refractivity (Wildman–Crippen MR) is 90.6 cm³/mol. The van der Waals surface area contributed by atoms with E-state index in [1.807, 2.05) is 0 Å². The molecule has 146 valence electrons. The highest BCUT2D eigenvalue weighted by Crippen LogP contribution is 2.34. The molecular formula is C15H13ClF3N3O4S. The maximum atomic E-state index is 12.7. The Labute approximate surface area is 157 Å². The van der Waals surface area contributed by atoms with Crippen LogP contribution in [0.15, 0.2) is 41.4 Å². The maximum Gasteiger partial charge on any atom is 0.416 e. The van der Waals surface area contributed by atoms with Gasteiger partial charge in [-0.2, -0.15) is 13.2 Å². The molecule has 0 saturated heterocycles. The summed E-state index contributed by atoms with van der Waals surface area (Å²) in [6.45, 7) is 0. The number of hydrogen-bond acceptors (Lipinski definition) is 5. The number of aromatic nitrogens is 1. The Kier molecular flexibility index (Phi) is 5.97. The van der Waals surface area contributed by atoms with Crippen LogP contribution in [0.5, 0.6) is 0 Å². The van der Waals surface area contributed by atoms with Crippen molar-refractivity contribution >= 4 is 33.2 Å². The van der Waals surface area contributed by atoms with Gasteiger partial charge in [-0.05, 0) is 30.3 Å². The number of carbonyl (C=O) groups is 1. The van der Waals surface area contributed by atoms with Gasteiger partial charge in [0, 0.05) is 13.2 Å². The van der Waals surface area contributed by atoms with E-state index in [2.05, 4.69) is 9.71 Å². The molecule has 2 aromatic rings. The standard InChI is InChI=1S/C15H13ClF3N3O4S/c1-22(26-2)14(23)13-11(4-3-7-20-13)21-27(24,25)12-6-5-9(8-10(12)16)15(17,18)19/h3-8,21H,1-2H3. The summed E-state index contributed by atoms with van der Waals surface area (Å²) < 4.78 is 65.3. The molecule has 1 N–H and O–H groups in total. The molecule has 0 aliphatic carbocycles. The number of nitrogens with zero attached hydrogens (tertiary/aromatic N) is 2. The van der Waals surface area contributed by atoms with E-state index >= 15 is 0 Å². The van der Waals surface area contributed by atoms with Crippen LogP contribution in [0.1, 0.15) is 16.1 Å². The van der Waals surface area contributed by atoms with Crippen molar-refractivity contribution < 1.29 is 31.2 Å². The van der Waals surface area contributed by atoms with Crippen molar-refractivity contribution in [3.05, 3.63) is 52.8 Å². The number of halogens is 4. The second kappa shape index (κ2) is 7.71. The Hall–Kier alpha value is -2.37. The van der Waals surface area contributed by atoms with Gasteiger partial charge in [0.05, 0.1) is 23.4 Å². The van der Waals surface area contributed by atoms with Crippen LogP contribution in [0.4, 0.5) is 18.9 Å². The Balaban J connectivity index is 2.42. The third-order valence-electron chi connectivity index (χ3n) is 3.36. The summed E-state index contributed by atoms with van der Waals surface area (Å²) in [5.41, 5.74) is -1.55. The first-order chi connectivity index (χ1) is 12.5. The van der Waals surface area contributed by atoms with Crippen LogP contribution in [-0.4, -0.2) is 38.5 Å². The first-order valence-corrected chi connectivity index (χ1v) is 9.00. The summed E-state index contributed by atoms with van der Waals surface area (Å²) in [6.07, 6.45) is -3.41. The van der Waals surface area contributed by atoms with Crippen LogP contribution < -0.4 is 4.72 Å². The third-order valence-corrected chi connectivity index (χ3v) is 5.21. The minimum atomic E-state index is -4.67. The molecule has 0 spiro atoms. The minimum Gasteiger partial charge on any atom is -0.277 e. The Morgan fingerprint density at radius 2 is 1.96 bits per heavy atom. The van der Waals surface area contributed by atoms with Crippen LogP contribution in [-0.2, 0) is 21.0 Å². The second-order valence-electron chi connectivity index (χ2n) is 5.13. The molecule has 12 heteroatoms. The molecule has 0 fully saturated rings. The van der Waals surface area contributed by atoms with E-state index in [1.54, 1.807) is 0 Å². The molecule has 0 unspecified atom stereocenters. The number of amides is 1. The van der Waals surface area contributed by atoms with Crippen molar-refractivity contribution in [2.75, 3.05) is 18.9 Å². The van der Waals surface area contributed by atoms with Gasteiger partial charge in [0.25, 0.3) is 15.9 Å². The molecule has 7 nitrogen and oxygen atoms in total. The zero-order chi connectivity index (χ0) is 20.4. The molecule has 1 aromatic heterocycles. The predicted octanol–water partition coefficient (Wildman–Crippen LogP) is 3.19. The van der Waals surface area contributed by atoms with Crippen molar-refractivity contribution in [2.24, 2.45) is 0 Å². The summed E-state index contributed by atoms with van der Waals surface area (Å²) in [5, 5.41) is 0.203. The SMILES string of the molecule is CON(C)C(=O)c1ncccc1NS(=O)(=O)c1ccc(C(F)(F)F)cc1Cl. The summed E-state index contributed by atoms with van der Waals surface area (Å²) in [6, 6.07) is 4.46. The summed E-state index contributed by atoms with van der Waals surface area (Å²) >= 11 is 5.73. The van der Waals surface area contributed by atoms with Gasteiger partial charge in [-0.25, -0.2) is 18.5 Å². The number of rotatable bonds is 5. The molecule has 0 aliphatic heterocycles.